The van der Waals surface area contributed by atoms with Gasteiger partial charge in [-0.2, -0.15) is 0 Å². The zero-order chi connectivity index (χ0) is 14.7. The molecule has 0 radical (unpaired) electrons. The lowest BCUT2D eigenvalue weighted by Crippen LogP contribution is -2.12. The number of nitrogens with one attached hydrogen (secondary N) is 1. The van der Waals surface area contributed by atoms with Crippen LogP contribution in [0.5, 0.6) is 0 Å². The summed E-state index contributed by atoms with van der Waals surface area (Å²) in [6.45, 7) is 0. The third-order valence-corrected chi connectivity index (χ3v) is 3.74. The van der Waals surface area contributed by atoms with Gasteiger partial charge >= 0.3 is 0 Å². The number of benzene rings is 2. The van der Waals surface area contributed by atoms with Crippen molar-refractivity contribution in [3.63, 3.8) is 0 Å². The molecule has 0 aliphatic heterocycles. The SMILES string of the molecule is O=C(Nc1ccc(-n2ccnc2)cc1)c1ccccc1Br. The van der Waals surface area contributed by atoms with Crippen LogP contribution in [0.15, 0.2) is 71.7 Å². The fourth-order valence-electron chi connectivity index (χ4n) is 1.97. The van der Waals surface area contributed by atoms with Crippen molar-refractivity contribution in [2.45, 2.75) is 0 Å². The van der Waals surface area contributed by atoms with Crippen LogP contribution in [0.3, 0.4) is 0 Å². The fraction of sp³-hybridized carbons (Fsp3) is 0. The molecule has 1 aromatic heterocycles. The van der Waals surface area contributed by atoms with Crippen LogP contribution in [0.2, 0.25) is 0 Å². The van der Waals surface area contributed by atoms with Crippen molar-refractivity contribution in [2.24, 2.45) is 0 Å². The summed E-state index contributed by atoms with van der Waals surface area (Å²) < 4.78 is 2.68. The summed E-state index contributed by atoms with van der Waals surface area (Å²) >= 11 is 3.38. The normalized spacial score (nSPS) is 10.3. The Hall–Kier alpha value is -2.40. The Kier molecular flexibility index (Phi) is 3.83. The number of imidazole rings is 1. The second-order valence-electron chi connectivity index (χ2n) is 4.45. The highest BCUT2D eigenvalue weighted by molar-refractivity contribution is 9.10. The van der Waals surface area contributed by atoms with Gasteiger partial charge in [0.05, 0.1) is 11.9 Å². The molecule has 0 atom stereocenters. The average molecular weight is 342 g/mol. The standard InChI is InChI=1S/C16H12BrN3O/c17-15-4-2-1-3-14(15)16(21)19-12-5-7-13(8-6-12)20-10-9-18-11-20/h1-11H,(H,19,21). The van der Waals surface area contributed by atoms with Gasteiger partial charge in [-0.3, -0.25) is 4.79 Å². The highest BCUT2D eigenvalue weighted by Crippen LogP contribution is 2.18. The number of carbonyl (C=O) groups is 1. The van der Waals surface area contributed by atoms with Gasteiger partial charge in [-0.15, -0.1) is 0 Å². The van der Waals surface area contributed by atoms with E-state index in [9.17, 15) is 4.79 Å². The van der Waals surface area contributed by atoms with Crippen LogP contribution in [0.25, 0.3) is 5.69 Å². The van der Waals surface area contributed by atoms with Crippen LogP contribution >= 0.6 is 15.9 Å². The molecule has 3 rings (SSSR count). The molecule has 0 unspecified atom stereocenters. The molecule has 0 aliphatic carbocycles. The topological polar surface area (TPSA) is 46.9 Å². The third-order valence-electron chi connectivity index (χ3n) is 3.05. The molecule has 0 saturated heterocycles. The molecular formula is C16H12BrN3O. The lowest BCUT2D eigenvalue weighted by molar-refractivity contribution is 0.102. The maximum Gasteiger partial charge on any atom is 0.256 e. The van der Waals surface area contributed by atoms with E-state index in [0.29, 0.717) is 5.56 Å². The molecule has 3 aromatic rings. The third kappa shape index (κ3) is 3.03. The van der Waals surface area contributed by atoms with Gasteiger partial charge in [0.25, 0.3) is 5.91 Å². The molecule has 0 spiro atoms. The summed E-state index contributed by atoms with van der Waals surface area (Å²) in [5.41, 5.74) is 2.35. The summed E-state index contributed by atoms with van der Waals surface area (Å²) in [7, 11) is 0. The van der Waals surface area contributed by atoms with Gasteiger partial charge in [0.15, 0.2) is 0 Å². The summed E-state index contributed by atoms with van der Waals surface area (Å²) in [6.07, 6.45) is 5.33. The molecule has 1 amide bonds. The van der Waals surface area contributed by atoms with E-state index in [4.69, 9.17) is 0 Å². The average Bonchev–Trinajstić information content (AvgIpc) is 3.02. The highest BCUT2D eigenvalue weighted by atomic mass is 79.9. The van der Waals surface area contributed by atoms with Gasteiger partial charge in [-0.1, -0.05) is 12.1 Å². The Morgan fingerprint density at radius 2 is 1.86 bits per heavy atom. The quantitative estimate of drug-likeness (QED) is 0.785. The van der Waals surface area contributed by atoms with Crippen LogP contribution in [0.4, 0.5) is 5.69 Å². The largest absolute Gasteiger partial charge is 0.322 e. The molecule has 5 heteroatoms. The molecule has 21 heavy (non-hydrogen) atoms. The monoisotopic (exact) mass is 341 g/mol. The number of halogens is 1. The zero-order valence-electron chi connectivity index (χ0n) is 11.0. The van der Waals surface area contributed by atoms with Crippen LogP contribution in [0, 0.1) is 0 Å². The van der Waals surface area contributed by atoms with E-state index in [1.165, 1.54) is 0 Å². The number of hydrogen-bond acceptors (Lipinski definition) is 2. The fourth-order valence-corrected chi connectivity index (χ4v) is 2.44. The predicted molar refractivity (Wildman–Crippen MR) is 85.7 cm³/mol. The molecule has 0 bridgehead atoms. The first kappa shape index (κ1) is 13.6. The van der Waals surface area contributed by atoms with E-state index in [2.05, 4.69) is 26.2 Å². The number of carbonyl (C=O) groups excluding carboxylic acids is 1. The Bertz CT molecular complexity index is 751. The van der Waals surface area contributed by atoms with E-state index in [-0.39, 0.29) is 5.91 Å². The number of rotatable bonds is 3. The first-order valence-corrected chi connectivity index (χ1v) is 7.17. The second-order valence-corrected chi connectivity index (χ2v) is 5.31. The molecule has 2 aromatic carbocycles. The molecule has 0 fully saturated rings. The minimum atomic E-state index is -0.141. The first-order valence-electron chi connectivity index (χ1n) is 6.38. The molecule has 0 aliphatic rings. The molecular weight excluding hydrogens is 330 g/mol. The maximum absolute atomic E-state index is 12.2. The van der Waals surface area contributed by atoms with Gasteiger partial charge in [0.1, 0.15) is 0 Å². The smallest absolute Gasteiger partial charge is 0.256 e. The zero-order valence-corrected chi connectivity index (χ0v) is 12.6. The summed E-state index contributed by atoms with van der Waals surface area (Å²) in [4.78, 5) is 16.2. The van der Waals surface area contributed by atoms with Crippen molar-refractivity contribution in [1.82, 2.24) is 9.55 Å². The maximum atomic E-state index is 12.2. The van der Waals surface area contributed by atoms with Crippen molar-refractivity contribution >= 4 is 27.5 Å². The Morgan fingerprint density at radius 3 is 2.52 bits per heavy atom. The molecule has 4 nitrogen and oxygen atoms in total. The van der Waals surface area contributed by atoms with Gasteiger partial charge < -0.3 is 9.88 Å². The van der Waals surface area contributed by atoms with Gasteiger partial charge in [-0.25, -0.2) is 4.98 Å². The predicted octanol–water partition coefficient (Wildman–Crippen LogP) is 3.89. The van der Waals surface area contributed by atoms with E-state index < -0.39 is 0 Å². The van der Waals surface area contributed by atoms with E-state index in [1.807, 2.05) is 53.2 Å². The van der Waals surface area contributed by atoms with Crippen molar-refractivity contribution in [2.75, 3.05) is 5.32 Å². The molecule has 1 heterocycles. The minimum Gasteiger partial charge on any atom is -0.322 e. The van der Waals surface area contributed by atoms with Crippen LogP contribution in [-0.2, 0) is 0 Å². The van der Waals surface area contributed by atoms with Gasteiger partial charge in [-0.05, 0) is 52.3 Å². The number of amides is 1. The van der Waals surface area contributed by atoms with E-state index >= 15 is 0 Å². The number of anilines is 1. The van der Waals surface area contributed by atoms with E-state index in [1.54, 1.807) is 18.6 Å². The number of hydrogen-bond donors (Lipinski definition) is 1. The van der Waals surface area contributed by atoms with Gasteiger partial charge in [0.2, 0.25) is 0 Å². The van der Waals surface area contributed by atoms with Crippen molar-refractivity contribution < 1.29 is 4.79 Å². The summed E-state index contributed by atoms with van der Waals surface area (Å²) in [5, 5.41) is 2.88. The Labute approximate surface area is 130 Å². The van der Waals surface area contributed by atoms with Crippen LogP contribution in [0.1, 0.15) is 10.4 Å². The minimum absolute atomic E-state index is 0.141. The summed E-state index contributed by atoms with van der Waals surface area (Å²) in [6, 6.07) is 14.9. The molecule has 0 saturated carbocycles. The van der Waals surface area contributed by atoms with Crippen molar-refractivity contribution in [1.29, 1.82) is 0 Å². The lowest BCUT2D eigenvalue weighted by atomic mass is 10.2. The number of nitrogens with zero attached hydrogens (tertiary/aromatic N) is 2. The Balaban J connectivity index is 1.77. The van der Waals surface area contributed by atoms with Crippen LogP contribution < -0.4 is 5.32 Å². The second kappa shape index (κ2) is 5.93. The summed E-state index contributed by atoms with van der Waals surface area (Å²) in [5.74, 6) is -0.141. The molecule has 104 valence electrons. The van der Waals surface area contributed by atoms with Gasteiger partial charge in [0, 0.05) is 28.2 Å². The Morgan fingerprint density at radius 1 is 1.10 bits per heavy atom. The lowest BCUT2D eigenvalue weighted by Gasteiger charge is -2.08. The number of aromatic nitrogens is 2. The molecule has 1 N–H and O–H groups in total. The van der Waals surface area contributed by atoms with Crippen molar-refractivity contribution in [3.8, 4) is 5.69 Å². The highest BCUT2D eigenvalue weighted by Gasteiger charge is 2.09. The van der Waals surface area contributed by atoms with Crippen LogP contribution in [-0.4, -0.2) is 15.5 Å². The van der Waals surface area contributed by atoms with E-state index in [0.717, 1.165) is 15.8 Å². The van der Waals surface area contributed by atoms with Crippen molar-refractivity contribution in [3.05, 3.63) is 77.3 Å². The first-order chi connectivity index (χ1) is 10.2.